The number of benzene rings is 2. The van der Waals surface area contributed by atoms with Crippen LogP contribution in [0.25, 0.3) is 10.8 Å². The van der Waals surface area contributed by atoms with Gasteiger partial charge in [0.25, 0.3) is 0 Å². The number of hydrogen-bond donors (Lipinski definition) is 6. The summed E-state index contributed by atoms with van der Waals surface area (Å²) in [4.78, 5) is 41.6. The topological polar surface area (TPSA) is 192 Å². The molecule has 0 aromatic heterocycles. The first-order valence-corrected chi connectivity index (χ1v) is 11.9. The van der Waals surface area contributed by atoms with E-state index in [1.54, 1.807) is 0 Å². The van der Waals surface area contributed by atoms with E-state index in [-0.39, 0.29) is 12.4 Å². The lowest BCUT2D eigenvalue weighted by Crippen LogP contribution is -2.55. The summed E-state index contributed by atoms with van der Waals surface area (Å²) in [5, 5.41) is 7.54. The quantitative estimate of drug-likeness (QED) is 0.128. The monoisotopic (exact) mass is 483 g/mol. The molecule has 2 aromatic carbocycles. The summed E-state index contributed by atoms with van der Waals surface area (Å²) in [6.07, 6.45) is 3.08. The summed E-state index contributed by atoms with van der Waals surface area (Å²) in [5.41, 5.74) is 23.0. The zero-order valence-electron chi connectivity index (χ0n) is 20.2. The standard InChI is InChI=1S/C25H37N7O3/c1-2-3-10-20(31-23(34)19(26)9-6-13-30-25(28)29)24(35)32-21(22(27)33)15-16-11-12-17-7-4-5-8-18(17)14-16/h4-5,7-8,11-12,14,19-21H,2-3,6,9-10,13,15,26H2,1H3,(H2,27,33)(H,31,34)(H,32,35)(H4,28,29,30)/t19-,20-,21-/m0/s1. The molecule has 0 aliphatic carbocycles. The molecule has 10 N–H and O–H groups in total. The minimum absolute atomic E-state index is 0.0213. The van der Waals surface area contributed by atoms with Gasteiger partial charge in [0.1, 0.15) is 12.1 Å². The van der Waals surface area contributed by atoms with Gasteiger partial charge in [-0.3, -0.25) is 19.4 Å². The van der Waals surface area contributed by atoms with Crippen LogP contribution in [0.4, 0.5) is 0 Å². The lowest BCUT2D eigenvalue weighted by Gasteiger charge is -2.23. The van der Waals surface area contributed by atoms with Crippen LogP contribution < -0.4 is 33.6 Å². The first-order chi connectivity index (χ1) is 16.7. The second kappa shape index (κ2) is 13.9. The zero-order valence-corrected chi connectivity index (χ0v) is 20.2. The number of nitrogens with one attached hydrogen (secondary N) is 2. The minimum Gasteiger partial charge on any atom is -0.370 e. The van der Waals surface area contributed by atoms with Crippen molar-refractivity contribution < 1.29 is 14.4 Å². The Kier molecular flexibility index (Phi) is 11.0. The molecule has 0 aliphatic heterocycles. The molecule has 190 valence electrons. The van der Waals surface area contributed by atoms with Gasteiger partial charge in [0.05, 0.1) is 6.04 Å². The number of guanidine groups is 1. The summed E-state index contributed by atoms with van der Waals surface area (Å²) in [5.74, 6) is -1.59. The van der Waals surface area contributed by atoms with Crippen molar-refractivity contribution in [2.75, 3.05) is 6.54 Å². The summed E-state index contributed by atoms with van der Waals surface area (Å²) in [6.45, 7) is 2.34. The van der Waals surface area contributed by atoms with Crippen molar-refractivity contribution in [3.05, 3.63) is 48.0 Å². The van der Waals surface area contributed by atoms with Crippen molar-refractivity contribution in [3.8, 4) is 0 Å². The van der Waals surface area contributed by atoms with Crippen LogP contribution in [-0.2, 0) is 20.8 Å². The summed E-state index contributed by atoms with van der Waals surface area (Å²) in [7, 11) is 0. The number of unbranched alkanes of at least 4 members (excludes halogenated alkanes) is 1. The zero-order chi connectivity index (χ0) is 25.8. The fourth-order valence-corrected chi connectivity index (χ4v) is 3.70. The molecule has 3 amide bonds. The van der Waals surface area contributed by atoms with Gasteiger partial charge in [-0.2, -0.15) is 0 Å². The van der Waals surface area contributed by atoms with Gasteiger partial charge in [0, 0.05) is 13.0 Å². The number of rotatable bonds is 14. The van der Waals surface area contributed by atoms with Gasteiger partial charge in [-0.25, -0.2) is 0 Å². The SMILES string of the molecule is CCCC[C@H](NC(=O)[C@@H](N)CCCN=C(N)N)C(=O)N[C@@H](Cc1ccc2ccccc2c1)C(N)=O. The van der Waals surface area contributed by atoms with E-state index in [0.29, 0.717) is 32.2 Å². The van der Waals surface area contributed by atoms with Crippen LogP contribution in [0.2, 0.25) is 0 Å². The summed E-state index contributed by atoms with van der Waals surface area (Å²) >= 11 is 0. The fraction of sp³-hybridized carbons (Fsp3) is 0.440. The molecule has 35 heavy (non-hydrogen) atoms. The van der Waals surface area contributed by atoms with Gasteiger partial charge < -0.3 is 33.6 Å². The highest BCUT2D eigenvalue weighted by atomic mass is 16.2. The molecule has 10 heteroatoms. The van der Waals surface area contributed by atoms with Crippen molar-refractivity contribution >= 4 is 34.5 Å². The molecular weight excluding hydrogens is 446 g/mol. The number of amides is 3. The Morgan fingerprint density at radius 2 is 1.57 bits per heavy atom. The molecule has 2 aromatic rings. The first-order valence-electron chi connectivity index (χ1n) is 11.9. The third-order valence-corrected chi connectivity index (χ3v) is 5.70. The molecule has 0 unspecified atom stereocenters. The minimum atomic E-state index is -0.919. The van der Waals surface area contributed by atoms with E-state index in [4.69, 9.17) is 22.9 Å². The smallest absolute Gasteiger partial charge is 0.243 e. The first kappa shape index (κ1) is 27.6. The Bertz CT molecular complexity index is 1040. The van der Waals surface area contributed by atoms with Crippen molar-refractivity contribution in [2.24, 2.45) is 27.9 Å². The maximum Gasteiger partial charge on any atom is 0.243 e. The van der Waals surface area contributed by atoms with Crippen LogP contribution in [0.15, 0.2) is 47.5 Å². The third kappa shape index (κ3) is 9.24. The van der Waals surface area contributed by atoms with Crippen LogP contribution in [0.5, 0.6) is 0 Å². The van der Waals surface area contributed by atoms with Crippen molar-refractivity contribution in [1.82, 2.24) is 10.6 Å². The number of nitrogens with two attached hydrogens (primary N) is 4. The molecule has 3 atom stereocenters. The van der Waals surface area contributed by atoms with Gasteiger partial charge in [-0.15, -0.1) is 0 Å². The van der Waals surface area contributed by atoms with E-state index in [9.17, 15) is 14.4 Å². The lowest BCUT2D eigenvalue weighted by atomic mass is 10.0. The number of fused-ring (bicyclic) bond motifs is 1. The second-order valence-corrected chi connectivity index (χ2v) is 8.61. The summed E-state index contributed by atoms with van der Waals surface area (Å²) < 4.78 is 0. The Labute approximate surface area is 205 Å². The molecule has 0 fully saturated rings. The predicted octanol–water partition coefficient (Wildman–Crippen LogP) is 0.408. The number of primary amides is 1. The molecule has 0 saturated heterocycles. The third-order valence-electron chi connectivity index (χ3n) is 5.70. The molecule has 0 spiro atoms. The van der Waals surface area contributed by atoms with E-state index in [1.165, 1.54) is 0 Å². The van der Waals surface area contributed by atoms with Gasteiger partial charge >= 0.3 is 0 Å². The van der Waals surface area contributed by atoms with Crippen molar-refractivity contribution in [3.63, 3.8) is 0 Å². The van der Waals surface area contributed by atoms with E-state index in [0.717, 1.165) is 22.8 Å². The van der Waals surface area contributed by atoms with E-state index < -0.39 is 35.8 Å². The summed E-state index contributed by atoms with van der Waals surface area (Å²) in [6, 6.07) is 11.1. The highest BCUT2D eigenvalue weighted by molar-refractivity contribution is 5.93. The number of carbonyl (C=O) groups excluding carboxylic acids is 3. The molecule has 0 radical (unpaired) electrons. The fourth-order valence-electron chi connectivity index (χ4n) is 3.70. The molecule has 0 heterocycles. The van der Waals surface area contributed by atoms with E-state index in [1.807, 2.05) is 49.4 Å². The van der Waals surface area contributed by atoms with Crippen molar-refractivity contribution in [1.29, 1.82) is 0 Å². The van der Waals surface area contributed by atoms with Crippen LogP contribution in [0.3, 0.4) is 0 Å². The average molecular weight is 484 g/mol. The maximum absolute atomic E-state index is 13.0. The Hall–Kier alpha value is -3.66. The molecular formula is C25H37N7O3. The van der Waals surface area contributed by atoms with Gasteiger partial charge in [-0.1, -0.05) is 62.2 Å². The van der Waals surface area contributed by atoms with Gasteiger partial charge in [0.2, 0.25) is 17.7 Å². The molecule has 2 rings (SSSR count). The normalized spacial score (nSPS) is 13.4. The predicted molar refractivity (Wildman–Crippen MR) is 138 cm³/mol. The van der Waals surface area contributed by atoms with E-state index in [2.05, 4.69) is 15.6 Å². The Morgan fingerprint density at radius 3 is 2.23 bits per heavy atom. The maximum atomic E-state index is 13.0. The molecule has 0 bridgehead atoms. The van der Waals surface area contributed by atoms with Crippen LogP contribution in [0.1, 0.15) is 44.6 Å². The van der Waals surface area contributed by atoms with E-state index >= 15 is 0 Å². The second-order valence-electron chi connectivity index (χ2n) is 8.61. The highest BCUT2D eigenvalue weighted by Crippen LogP contribution is 2.17. The van der Waals surface area contributed by atoms with Crippen LogP contribution in [0, 0.1) is 0 Å². The van der Waals surface area contributed by atoms with Crippen molar-refractivity contribution in [2.45, 2.75) is 63.6 Å². The highest BCUT2D eigenvalue weighted by Gasteiger charge is 2.27. The van der Waals surface area contributed by atoms with Gasteiger partial charge in [-0.05, 0) is 35.6 Å². The van der Waals surface area contributed by atoms with Crippen LogP contribution in [-0.4, -0.2) is 48.4 Å². The van der Waals surface area contributed by atoms with Crippen LogP contribution >= 0.6 is 0 Å². The molecule has 0 aliphatic rings. The largest absolute Gasteiger partial charge is 0.370 e. The average Bonchev–Trinajstić information content (AvgIpc) is 2.83. The number of hydrogen-bond acceptors (Lipinski definition) is 5. The Balaban J connectivity index is 2.03. The Morgan fingerprint density at radius 1 is 0.886 bits per heavy atom. The number of carbonyl (C=O) groups is 3. The van der Waals surface area contributed by atoms with Gasteiger partial charge in [0.15, 0.2) is 5.96 Å². The lowest BCUT2D eigenvalue weighted by molar-refractivity contribution is -0.132. The number of nitrogens with zero attached hydrogens (tertiary/aromatic N) is 1. The molecule has 10 nitrogen and oxygen atoms in total. The molecule has 0 saturated carbocycles. The number of aliphatic imine (C=N–C) groups is 1.